The second kappa shape index (κ2) is 3.44. The van der Waals surface area contributed by atoms with E-state index in [0.29, 0.717) is 4.47 Å². The van der Waals surface area contributed by atoms with E-state index in [1.54, 1.807) is 0 Å². The van der Waals surface area contributed by atoms with E-state index in [4.69, 9.17) is 0 Å². The van der Waals surface area contributed by atoms with E-state index in [1.807, 2.05) is 32.0 Å². The molecule has 0 heterocycles. The molecular weight excluding hydrogens is 221 g/mol. The lowest BCUT2D eigenvalue weighted by molar-refractivity contribution is 0.619. The van der Waals surface area contributed by atoms with Crippen LogP contribution < -0.4 is 4.90 Å². The summed E-state index contributed by atoms with van der Waals surface area (Å²) >= 11 is 3.17. The number of benzene rings is 1. The molecule has 0 unspecified atom stereocenters. The van der Waals surface area contributed by atoms with Gasteiger partial charge < -0.3 is 4.90 Å². The number of anilines is 1. The highest BCUT2D eigenvalue weighted by molar-refractivity contribution is 9.10. The molecule has 3 heteroatoms. The van der Waals surface area contributed by atoms with Gasteiger partial charge in [0.15, 0.2) is 0 Å². The summed E-state index contributed by atoms with van der Waals surface area (Å²) in [6.45, 7) is 1.88. The Morgan fingerprint density at radius 1 is 1.33 bits per heavy atom. The molecule has 0 N–H and O–H groups in total. The minimum Gasteiger partial charge on any atom is -0.378 e. The molecule has 66 valence electrons. The van der Waals surface area contributed by atoms with Crippen LogP contribution >= 0.6 is 15.9 Å². The van der Waals surface area contributed by atoms with Crippen LogP contribution in [0.25, 0.3) is 0 Å². The summed E-state index contributed by atoms with van der Waals surface area (Å²) in [4.78, 5) is 1.88. The normalized spacial score (nSPS) is 10.1. The fraction of sp³-hybridized carbons (Fsp3) is 0.333. The molecule has 0 saturated carbocycles. The first-order valence-electron chi connectivity index (χ1n) is 3.65. The van der Waals surface area contributed by atoms with Gasteiger partial charge in [-0.1, -0.05) is 0 Å². The molecule has 1 aromatic carbocycles. The van der Waals surface area contributed by atoms with Gasteiger partial charge in [0.2, 0.25) is 0 Å². The van der Waals surface area contributed by atoms with Gasteiger partial charge in [-0.25, -0.2) is 4.39 Å². The van der Waals surface area contributed by atoms with E-state index >= 15 is 0 Å². The maximum Gasteiger partial charge on any atom is 0.139 e. The van der Waals surface area contributed by atoms with Gasteiger partial charge in [-0.3, -0.25) is 0 Å². The van der Waals surface area contributed by atoms with Crippen molar-refractivity contribution in [2.24, 2.45) is 0 Å². The Morgan fingerprint density at radius 2 is 1.92 bits per heavy atom. The van der Waals surface area contributed by atoms with Crippen molar-refractivity contribution < 1.29 is 4.39 Å². The number of nitrogens with zero attached hydrogens (tertiary/aromatic N) is 1. The summed E-state index contributed by atoms with van der Waals surface area (Å²) in [5.41, 5.74) is 1.80. The van der Waals surface area contributed by atoms with E-state index in [-0.39, 0.29) is 5.82 Å². The molecular formula is C9H11BrFN. The third-order valence-corrected chi connectivity index (χ3v) is 2.72. The Bertz CT molecular complexity index is 274. The molecule has 0 aliphatic heterocycles. The van der Waals surface area contributed by atoms with Crippen LogP contribution in [0.4, 0.5) is 10.1 Å². The molecule has 0 atom stereocenters. The second-order valence-electron chi connectivity index (χ2n) is 2.95. The molecule has 0 amide bonds. The summed E-state index contributed by atoms with van der Waals surface area (Å²) in [7, 11) is 3.78. The Hall–Kier alpha value is -0.570. The van der Waals surface area contributed by atoms with Crippen LogP contribution in [0.1, 0.15) is 5.56 Å². The van der Waals surface area contributed by atoms with E-state index in [2.05, 4.69) is 15.9 Å². The summed E-state index contributed by atoms with van der Waals surface area (Å²) in [5, 5.41) is 0. The lowest BCUT2D eigenvalue weighted by Crippen LogP contribution is -2.09. The minimum absolute atomic E-state index is 0.210. The second-order valence-corrected chi connectivity index (χ2v) is 3.75. The molecule has 0 aliphatic rings. The maximum absolute atomic E-state index is 13.1. The van der Waals surface area contributed by atoms with Crippen molar-refractivity contribution in [3.05, 3.63) is 28.0 Å². The number of halogens is 2. The standard InChI is InChI=1S/C9H11BrFN/c1-6-4-7(12(2)3)5-8(11)9(6)10/h4-5H,1-3H3. The van der Waals surface area contributed by atoms with Crippen molar-refractivity contribution >= 4 is 21.6 Å². The van der Waals surface area contributed by atoms with Crippen LogP contribution in [0.15, 0.2) is 16.6 Å². The monoisotopic (exact) mass is 231 g/mol. The number of aryl methyl sites for hydroxylation is 1. The van der Waals surface area contributed by atoms with Gasteiger partial charge in [0.25, 0.3) is 0 Å². The molecule has 1 rings (SSSR count). The number of hydrogen-bond acceptors (Lipinski definition) is 1. The predicted molar refractivity (Wildman–Crippen MR) is 53.2 cm³/mol. The quantitative estimate of drug-likeness (QED) is 0.719. The van der Waals surface area contributed by atoms with Crippen LogP contribution in [0.3, 0.4) is 0 Å². The predicted octanol–water partition coefficient (Wildman–Crippen LogP) is 2.96. The van der Waals surface area contributed by atoms with Gasteiger partial charge in [-0.05, 0) is 40.5 Å². The Balaban J connectivity index is 3.21. The number of hydrogen-bond donors (Lipinski definition) is 0. The molecule has 1 nitrogen and oxygen atoms in total. The molecule has 12 heavy (non-hydrogen) atoms. The maximum atomic E-state index is 13.1. The van der Waals surface area contributed by atoms with E-state index < -0.39 is 0 Å². The smallest absolute Gasteiger partial charge is 0.139 e. The first-order chi connectivity index (χ1) is 5.52. The lowest BCUT2D eigenvalue weighted by atomic mass is 10.2. The highest BCUT2D eigenvalue weighted by atomic mass is 79.9. The Morgan fingerprint density at radius 3 is 2.33 bits per heavy atom. The van der Waals surface area contributed by atoms with Crippen molar-refractivity contribution in [2.45, 2.75) is 6.92 Å². The molecule has 0 fully saturated rings. The highest BCUT2D eigenvalue weighted by Gasteiger charge is 2.05. The summed E-state index contributed by atoms with van der Waals surface area (Å²) in [6, 6.07) is 3.45. The van der Waals surface area contributed by atoms with Crippen LogP contribution in [-0.2, 0) is 0 Å². The third-order valence-electron chi connectivity index (χ3n) is 1.71. The summed E-state index contributed by atoms with van der Waals surface area (Å²) in [6.07, 6.45) is 0. The van der Waals surface area contributed by atoms with Gasteiger partial charge in [-0.2, -0.15) is 0 Å². The highest BCUT2D eigenvalue weighted by Crippen LogP contribution is 2.25. The molecule has 0 aromatic heterocycles. The van der Waals surface area contributed by atoms with E-state index in [1.165, 1.54) is 6.07 Å². The van der Waals surface area contributed by atoms with Gasteiger partial charge in [-0.15, -0.1) is 0 Å². The number of rotatable bonds is 1. The zero-order valence-electron chi connectivity index (χ0n) is 7.36. The molecule has 0 radical (unpaired) electrons. The topological polar surface area (TPSA) is 3.24 Å². The zero-order valence-corrected chi connectivity index (χ0v) is 8.94. The molecule has 0 bridgehead atoms. The molecule has 1 aromatic rings. The summed E-state index contributed by atoms with van der Waals surface area (Å²) < 4.78 is 13.7. The van der Waals surface area contributed by atoms with Gasteiger partial charge in [0, 0.05) is 19.8 Å². The lowest BCUT2D eigenvalue weighted by Gasteiger charge is -2.13. The minimum atomic E-state index is -0.210. The molecule has 0 saturated heterocycles. The zero-order chi connectivity index (χ0) is 9.30. The Kier molecular flexibility index (Phi) is 2.73. The first kappa shape index (κ1) is 9.52. The third kappa shape index (κ3) is 1.78. The molecule has 0 spiro atoms. The van der Waals surface area contributed by atoms with Gasteiger partial charge in [0.1, 0.15) is 5.82 Å². The average molecular weight is 232 g/mol. The fourth-order valence-corrected chi connectivity index (χ4v) is 1.20. The van der Waals surface area contributed by atoms with Crippen LogP contribution in [0.5, 0.6) is 0 Å². The van der Waals surface area contributed by atoms with Crippen molar-refractivity contribution in [1.29, 1.82) is 0 Å². The largest absolute Gasteiger partial charge is 0.378 e. The van der Waals surface area contributed by atoms with Gasteiger partial charge >= 0.3 is 0 Å². The average Bonchev–Trinajstić information content (AvgIpc) is 1.99. The van der Waals surface area contributed by atoms with Crippen LogP contribution in [0, 0.1) is 12.7 Å². The molecule has 0 aliphatic carbocycles. The van der Waals surface area contributed by atoms with E-state index in [9.17, 15) is 4.39 Å². The van der Waals surface area contributed by atoms with Crippen molar-refractivity contribution in [3.8, 4) is 0 Å². The van der Waals surface area contributed by atoms with Crippen molar-refractivity contribution in [2.75, 3.05) is 19.0 Å². The fourth-order valence-electron chi connectivity index (χ4n) is 0.967. The Labute approximate surface area is 80.3 Å². The van der Waals surface area contributed by atoms with E-state index in [0.717, 1.165) is 11.3 Å². The summed E-state index contributed by atoms with van der Waals surface area (Å²) in [5.74, 6) is -0.210. The first-order valence-corrected chi connectivity index (χ1v) is 4.44. The van der Waals surface area contributed by atoms with Gasteiger partial charge in [0.05, 0.1) is 4.47 Å². The van der Waals surface area contributed by atoms with Crippen molar-refractivity contribution in [3.63, 3.8) is 0 Å². The van der Waals surface area contributed by atoms with Crippen LogP contribution in [0.2, 0.25) is 0 Å². The van der Waals surface area contributed by atoms with Crippen LogP contribution in [-0.4, -0.2) is 14.1 Å². The van der Waals surface area contributed by atoms with Crippen molar-refractivity contribution in [1.82, 2.24) is 0 Å². The SMILES string of the molecule is Cc1cc(N(C)C)cc(F)c1Br.